The van der Waals surface area contributed by atoms with Gasteiger partial charge in [-0.05, 0) is 25.1 Å². The van der Waals surface area contributed by atoms with Gasteiger partial charge < -0.3 is 10.5 Å². The first kappa shape index (κ1) is 15.6. The van der Waals surface area contributed by atoms with Crippen molar-refractivity contribution in [2.24, 2.45) is 0 Å². The monoisotopic (exact) mass is 326 g/mol. The molecule has 0 bridgehead atoms. The van der Waals surface area contributed by atoms with E-state index < -0.39 is 9.84 Å². The third kappa shape index (κ3) is 3.65. The van der Waals surface area contributed by atoms with Crippen molar-refractivity contribution < 1.29 is 13.2 Å². The molecule has 112 valence electrons. The highest BCUT2D eigenvalue weighted by Gasteiger charge is 2.20. The molecule has 0 saturated heterocycles. The molecule has 1 heterocycles. The van der Waals surface area contributed by atoms with Gasteiger partial charge in [0.15, 0.2) is 9.84 Å². The maximum absolute atomic E-state index is 12.5. The molecular formula is C14H15ClN2O3S. The molecule has 2 rings (SSSR count). The SMILES string of the molecule is COc1cc(C)nc(CS(=O)(=O)c2cc(N)ccc2Cl)c1. The van der Waals surface area contributed by atoms with Crippen LogP contribution in [-0.4, -0.2) is 20.5 Å². The minimum Gasteiger partial charge on any atom is -0.497 e. The molecule has 7 heteroatoms. The topological polar surface area (TPSA) is 82.3 Å². The largest absolute Gasteiger partial charge is 0.497 e. The van der Waals surface area contributed by atoms with Crippen molar-refractivity contribution in [1.82, 2.24) is 4.98 Å². The Morgan fingerprint density at radius 2 is 2.00 bits per heavy atom. The fraction of sp³-hybridized carbons (Fsp3) is 0.214. The van der Waals surface area contributed by atoms with Crippen LogP contribution in [0.1, 0.15) is 11.4 Å². The van der Waals surface area contributed by atoms with Gasteiger partial charge in [0.25, 0.3) is 0 Å². The fourth-order valence-corrected chi connectivity index (χ4v) is 3.77. The number of aromatic nitrogens is 1. The van der Waals surface area contributed by atoms with Crippen LogP contribution in [0, 0.1) is 6.92 Å². The summed E-state index contributed by atoms with van der Waals surface area (Å²) in [6.45, 7) is 1.77. The number of ether oxygens (including phenoxy) is 1. The van der Waals surface area contributed by atoms with Crippen molar-refractivity contribution in [2.45, 2.75) is 17.6 Å². The van der Waals surface area contributed by atoms with Gasteiger partial charge in [0.2, 0.25) is 0 Å². The average Bonchev–Trinajstić information content (AvgIpc) is 2.40. The van der Waals surface area contributed by atoms with E-state index in [1.165, 1.54) is 19.2 Å². The number of benzene rings is 1. The molecule has 0 aliphatic carbocycles. The van der Waals surface area contributed by atoms with Crippen molar-refractivity contribution in [3.63, 3.8) is 0 Å². The molecule has 21 heavy (non-hydrogen) atoms. The van der Waals surface area contributed by atoms with Crippen LogP contribution in [0.25, 0.3) is 0 Å². The highest BCUT2D eigenvalue weighted by molar-refractivity contribution is 7.90. The highest BCUT2D eigenvalue weighted by atomic mass is 35.5. The van der Waals surface area contributed by atoms with Gasteiger partial charge in [0.05, 0.1) is 28.5 Å². The zero-order chi connectivity index (χ0) is 15.6. The number of methoxy groups -OCH3 is 1. The van der Waals surface area contributed by atoms with Crippen LogP contribution in [0.5, 0.6) is 5.75 Å². The fourth-order valence-electron chi connectivity index (χ4n) is 1.93. The molecular weight excluding hydrogens is 312 g/mol. The number of halogens is 1. The molecule has 0 spiro atoms. The smallest absolute Gasteiger partial charge is 0.185 e. The number of nitrogens with two attached hydrogens (primary N) is 1. The minimum absolute atomic E-state index is 0.00596. The first-order valence-electron chi connectivity index (χ1n) is 6.11. The van der Waals surface area contributed by atoms with Crippen LogP contribution in [0.4, 0.5) is 5.69 Å². The van der Waals surface area contributed by atoms with Gasteiger partial charge in [-0.1, -0.05) is 11.6 Å². The Kier molecular flexibility index (Phi) is 4.39. The summed E-state index contributed by atoms with van der Waals surface area (Å²) in [6.07, 6.45) is 0. The summed E-state index contributed by atoms with van der Waals surface area (Å²) in [6, 6.07) is 7.68. The molecule has 0 aliphatic rings. The van der Waals surface area contributed by atoms with Crippen molar-refractivity contribution in [1.29, 1.82) is 0 Å². The van der Waals surface area contributed by atoms with Crippen LogP contribution >= 0.6 is 11.6 Å². The predicted octanol–water partition coefficient (Wildman–Crippen LogP) is 2.61. The lowest BCUT2D eigenvalue weighted by atomic mass is 10.3. The van der Waals surface area contributed by atoms with Crippen LogP contribution in [-0.2, 0) is 15.6 Å². The van der Waals surface area contributed by atoms with E-state index >= 15 is 0 Å². The first-order valence-corrected chi connectivity index (χ1v) is 8.14. The lowest BCUT2D eigenvalue weighted by Gasteiger charge is -2.09. The number of pyridine rings is 1. The quantitative estimate of drug-likeness (QED) is 0.873. The first-order chi connectivity index (χ1) is 9.81. The van der Waals surface area contributed by atoms with Gasteiger partial charge >= 0.3 is 0 Å². The van der Waals surface area contributed by atoms with E-state index in [-0.39, 0.29) is 15.7 Å². The Bertz CT molecular complexity index is 776. The van der Waals surface area contributed by atoms with E-state index in [0.717, 1.165) is 0 Å². The Balaban J connectivity index is 2.42. The van der Waals surface area contributed by atoms with Gasteiger partial charge in [-0.2, -0.15) is 0 Å². The van der Waals surface area contributed by atoms with Crippen LogP contribution in [0.2, 0.25) is 5.02 Å². The number of anilines is 1. The zero-order valence-corrected chi connectivity index (χ0v) is 13.2. The van der Waals surface area contributed by atoms with Gasteiger partial charge in [0.1, 0.15) is 5.75 Å². The van der Waals surface area contributed by atoms with Gasteiger partial charge in [0, 0.05) is 23.5 Å². The second kappa shape index (κ2) is 5.91. The predicted molar refractivity (Wildman–Crippen MR) is 82.3 cm³/mol. The van der Waals surface area contributed by atoms with Crippen molar-refractivity contribution in [2.75, 3.05) is 12.8 Å². The standard InChI is InChI=1S/C14H15ClN2O3S/c1-9-5-12(20-2)7-11(17-9)8-21(18,19)14-6-10(16)3-4-13(14)15/h3-7H,8,16H2,1-2H3. The molecule has 0 fully saturated rings. The lowest BCUT2D eigenvalue weighted by Crippen LogP contribution is -2.08. The Hall–Kier alpha value is -1.79. The van der Waals surface area contributed by atoms with Crippen molar-refractivity contribution in [3.8, 4) is 5.75 Å². The summed E-state index contributed by atoms with van der Waals surface area (Å²) in [5.41, 5.74) is 7.04. The third-order valence-corrected chi connectivity index (χ3v) is 4.97. The summed E-state index contributed by atoms with van der Waals surface area (Å²) in [5.74, 6) is 0.292. The van der Waals surface area contributed by atoms with Crippen LogP contribution in [0.15, 0.2) is 35.2 Å². The second-order valence-corrected chi connectivity index (χ2v) is 6.95. The van der Waals surface area contributed by atoms with Crippen LogP contribution < -0.4 is 10.5 Å². The van der Waals surface area contributed by atoms with Gasteiger partial charge in [-0.3, -0.25) is 4.98 Å². The maximum Gasteiger partial charge on any atom is 0.185 e. The Morgan fingerprint density at radius 3 is 2.67 bits per heavy atom. The summed E-state index contributed by atoms with van der Waals surface area (Å²) >= 11 is 5.96. The highest BCUT2D eigenvalue weighted by Crippen LogP contribution is 2.27. The van der Waals surface area contributed by atoms with Crippen molar-refractivity contribution >= 4 is 27.1 Å². The minimum atomic E-state index is -3.64. The summed E-state index contributed by atoms with van der Waals surface area (Å²) in [7, 11) is -2.12. The summed E-state index contributed by atoms with van der Waals surface area (Å²) in [4.78, 5) is 4.22. The summed E-state index contributed by atoms with van der Waals surface area (Å²) < 4.78 is 30.0. The number of aryl methyl sites for hydroxylation is 1. The Labute approximate surface area is 128 Å². The number of nitrogen functional groups attached to an aromatic ring is 1. The number of nitrogens with zero attached hydrogens (tertiary/aromatic N) is 1. The molecule has 0 radical (unpaired) electrons. The zero-order valence-electron chi connectivity index (χ0n) is 11.6. The van der Waals surface area contributed by atoms with E-state index in [0.29, 0.717) is 22.8 Å². The van der Waals surface area contributed by atoms with E-state index in [1.807, 2.05) is 0 Å². The van der Waals surface area contributed by atoms with Gasteiger partial charge in [-0.15, -0.1) is 0 Å². The molecule has 2 N–H and O–H groups in total. The van der Waals surface area contributed by atoms with Crippen molar-refractivity contribution in [3.05, 3.63) is 46.7 Å². The molecule has 5 nitrogen and oxygen atoms in total. The molecule has 0 aliphatic heterocycles. The van der Waals surface area contributed by atoms with E-state index in [1.54, 1.807) is 25.1 Å². The van der Waals surface area contributed by atoms with Gasteiger partial charge in [-0.25, -0.2) is 8.42 Å². The van der Waals surface area contributed by atoms with E-state index in [2.05, 4.69) is 4.98 Å². The van der Waals surface area contributed by atoms with Crippen LogP contribution in [0.3, 0.4) is 0 Å². The molecule has 0 atom stereocenters. The molecule has 0 saturated carbocycles. The number of hydrogen-bond acceptors (Lipinski definition) is 5. The van der Waals surface area contributed by atoms with E-state index in [9.17, 15) is 8.42 Å². The van der Waals surface area contributed by atoms with E-state index in [4.69, 9.17) is 22.1 Å². The normalized spacial score (nSPS) is 11.4. The Morgan fingerprint density at radius 1 is 1.29 bits per heavy atom. The number of rotatable bonds is 4. The second-order valence-electron chi connectivity index (χ2n) is 4.59. The molecule has 1 aromatic heterocycles. The summed E-state index contributed by atoms with van der Waals surface area (Å²) in [5, 5.41) is 0.142. The molecule has 0 unspecified atom stereocenters. The number of hydrogen-bond donors (Lipinski definition) is 1. The molecule has 0 amide bonds. The molecule has 2 aromatic rings. The molecule has 1 aromatic carbocycles. The maximum atomic E-state index is 12.5. The lowest BCUT2D eigenvalue weighted by molar-refractivity contribution is 0.413. The third-order valence-electron chi connectivity index (χ3n) is 2.84. The number of sulfone groups is 1. The average molecular weight is 327 g/mol.